The van der Waals surface area contributed by atoms with Crippen molar-refractivity contribution >= 4 is 5.91 Å². The van der Waals surface area contributed by atoms with Gasteiger partial charge in [-0.2, -0.15) is 0 Å². The minimum Gasteiger partial charge on any atom is -0.395 e. The Labute approximate surface area is 119 Å². The van der Waals surface area contributed by atoms with Gasteiger partial charge in [-0.25, -0.2) is 0 Å². The summed E-state index contributed by atoms with van der Waals surface area (Å²) >= 11 is 0. The maximum absolute atomic E-state index is 11.9. The summed E-state index contributed by atoms with van der Waals surface area (Å²) in [5, 5.41) is 12.3. The summed E-state index contributed by atoms with van der Waals surface area (Å²) in [6, 6.07) is 10.4. The van der Waals surface area contributed by atoms with Gasteiger partial charge < -0.3 is 15.3 Å². The number of β-amino-alcohol motifs (C(OH)–C–C–N with tert-alkyl or cyclic N) is 1. The average molecular weight is 274 g/mol. The number of nitrogens with one attached hydrogen (secondary N) is 1. The zero-order valence-corrected chi connectivity index (χ0v) is 11.7. The van der Waals surface area contributed by atoms with Crippen molar-refractivity contribution in [2.45, 2.75) is 30.7 Å². The molecule has 2 heterocycles. The van der Waals surface area contributed by atoms with Crippen LogP contribution in [0.5, 0.6) is 0 Å². The summed E-state index contributed by atoms with van der Waals surface area (Å²) in [7, 11) is 0. The third-order valence-corrected chi connectivity index (χ3v) is 4.81. The van der Waals surface area contributed by atoms with Gasteiger partial charge in [0.05, 0.1) is 6.61 Å². The van der Waals surface area contributed by atoms with Crippen molar-refractivity contribution in [3.05, 3.63) is 35.9 Å². The number of benzene rings is 1. The summed E-state index contributed by atoms with van der Waals surface area (Å²) in [5.74, 6) is 0.460. The van der Waals surface area contributed by atoms with Crippen LogP contribution < -0.4 is 5.32 Å². The molecule has 0 unspecified atom stereocenters. The van der Waals surface area contributed by atoms with Crippen molar-refractivity contribution in [3.63, 3.8) is 0 Å². The van der Waals surface area contributed by atoms with E-state index in [4.69, 9.17) is 5.11 Å². The molecule has 20 heavy (non-hydrogen) atoms. The van der Waals surface area contributed by atoms with Gasteiger partial charge in [-0.1, -0.05) is 30.3 Å². The number of piperidine rings is 1. The van der Waals surface area contributed by atoms with Crippen LogP contribution in [0.4, 0.5) is 0 Å². The molecule has 1 amide bonds. The van der Waals surface area contributed by atoms with Crippen LogP contribution in [0.2, 0.25) is 0 Å². The lowest BCUT2D eigenvalue weighted by molar-refractivity contribution is -0.120. The van der Waals surface area contributed by atoms with Crippen LogP contribution in [-0.2, 0) is 4.79 Å². The maximum Gasteiger partial charge on any atom is 0.221 e. The minimum absolute atomic E-state index is 0.0790. The van der Waals surface area contributed by atoms with Crippen LogP contribution in [0, 0.1) is 0 Å². The number of rotatable bonds is 3. The summed E-state index contributed by atoms with van der Waals surface area (Å²) in [4.78, 5) is 14.2. The third-order valence-electron chi connectivity index (χ3n) is 4.81. The van der Waals surface area contributed by atoms with Gasteiger partial charge in [-0.15, -0.1) is 0 Å². The number of hydrogen-bond acceptors (Lipinski definition) is 3. The van der Waals surface area contributed by atoms with Crippen LogP contribution in [0.25, 0.3) is 0 Å². The van der Waals surface area contributed by atoms with Gasteiger partial charge in [0.1, 0.15) is 0 Å². The average Bonchev–Trinajstić information content (AvgIpc) is 2.79. The Kier molecular flexibility index (Phi) is 3.76. The van der Waals surface area contributed by atoms with E-state index in [-0.39, 0.29) is 24.0 Å². The lowest BCUT2D eigenvalue weighted by Crippen LogP contribution is -2.53. The van der Waals surface area contributed by atoms with Crippen LogP contribution in [0.1, 0.15) is 30.7 Å². The fraction of sp³-hybridized carbons (Fsp3) is 0.562. The number of nitrogens with zero attached hydrogens (tertiary/aromatic N) is 1. The van der Waals surface area contributed by atoms with Gasteiger partial charge in [0, 0.05) is 37.5 Å². The molecule has 2 aliphatic heterocycles. The Morgan fingerprint density at radius 1 is 1.25 bits per heavy atom. The van der Waals surface area contributed by atoms with E-state index in [0.29, 0.717) is 6.42 Å². The zero-order valence-electron chi connectivity index (χ0n) is 11.7. The first kappa shape index (κ1) is 13.6. The highest BCUT2D eigenvalue weighted by Crippen LogP contribution is 2.42. The Balaban J connectivity index is 1.79. The lowest BCUT2D eigenvalue weighted by Gasteiger charge is -2.42. The van der Waals surface area contributed by atoms with Crippen LogP contribution >= 0.6 is 0 Å². The second kappa shape index (κ2) is 5.54. The highest BCUT2D eigenvalue weighted by atomic mass is 16.3. The fourth-order valence-corrected chi connectivity index (χ4v) is 3.71. The highest BCUT2D eigenvalue weighted by molar-refractivity contribution is 5.81. The van der Waals surface area contributed by atoms with E-state index in [1.807, 2.05) is 18.2 Å². The molecular formula is C16H22N2O2. The van der Waals surface area contributed by atoms with Gasteiger partial charge in [0.2, 0.25) is 5.91 Å². The molecule has 2 fully saturated rings. The standard InChI is InChI=1S/C16H22N2O2/c19-11-10-18-8-6-16(7-9-18)14(12-15(20)17-16)13-4-2-1-3-5-13/h1-5,14,19H,6-12H2,(H,17,20)/t14-/m0/s1. The molecule has 3 rings (SSSR count). The molecule has 4 heteroatoms. The molecular weight excluding hydrogens is 252 g/mol. The predicted octanol–water partition coefficient (Wildman–Crippen LogP) is 1.12. The Morgan fingerprint density at radius 3 is 2.60 bits per heavy atom. The van der Waals surface area contributed by atoms with E-state index in [1.54, 1.807) is 0 Å². The van der Waals surface area contributed by atoms with Gasteiger partial charge >= 0.3 is 0 Å². The number of amides is 1. The van der Waals surface area contributed by atoms with Crippen molar-refractivity contribution < 1.29 is 9.90 Å². The molecule has 1 spiro atoms. The van der Waals surface area contributed by atoms with Crippen LogP contribution in [0.15, 0.2) is 30.3 Å². The smallest absolute Gasteiger partial charge is 0.221 e. The molecule has 2 saturated heterocycles. The monoisotopic (exact) mass is 274 g/mol. The van der Waals surface area contributed by atoms with Gasteiger partial charge in [-0.05, 0) is 18.4 Å². The second-order valence-electron chi connectivity index (χ2n) is 5.94. The van der Waals surface area contributed by atoms with Crippen molar-refractivity contribution in [2.24, 2.45) is 0 Å². The molecule has 4 nitrogen and oxygen atoms in total. The van der Waals surface area contributed by atoms with Crippen LogP contribution in [0.3, 0.4) is 0 Å². The van der Waals surface area contributed by atoms with Crippen molar-refractivity contribution in [3.8, 4) is 0 Å². The minimum atomic E-state index is -0.0790. The molecule has 1 atom stereocenters. The largest absolute Gasteiger partial charge is 0.395 e. The van der Waals surface area contributed by atoms with Gasteiger partial charge in [0.15, 0.2) is 0 Å². The second-order valence-corrected chi connectivity index (χ2v) is 5.94. The van der Waals surface area contributed by atoms with Gasteiger partial charge in [-0.3, -0.25) is 4.79 Å². The maximum atomic E-state index is 11.9. The van der Waals surface area contributed by atoms with E-state index < -0.39 is 0 Å². The molecule has 0 aliphatic carbocycles. The Hall–Kier alpha value is -1.39. The lowest BCUT2D eigenvalue weighted by atomic mass is 9.74. The molecule has 108 valence electrons. The number of aliphatic hydroxyl groups excluding tert-OH is 1. The molecule has 1 aromatic rings. The number of likely N-dealkylation sites (tertiary alicyclic amines) is 1. The third kappa shape index (κ3) is 2.45. The topological polar surface area (TPSA) is 52.6 Å². The highest BCUT2D eigenvalue weighted by Gasteiger charge is 2.48. The Bertz CT molecular complexity index is 467. The molecule has 0 saturated carbocycles. The number of carbonyl (C=O) groups is 1. The van der Waals surface area contributed by atoms with Crippen molar-refractivity contribution in [1.29, 1.82) is 0 Å². The summed E-state index contributed by atoms with van der Waals surface area (Å²) in [6.45, 7) is 2.84. The summed E-state index contributed by atoms with van der Waals surface area (Å²) in [5.41, 5.74) is 1.19. The normalized spacial score (nSPS) is 25.9. The van der Waals surface area contributed by atoms with Crippen LogP contribution in [-0.4, -0.2) is 47.7 Å². The Morgan fingerprint density at radius 2 is 1.95 bits per heavy atom. The van der Waals surface area contributed by atoms with E-state index in [1.165, 1.54) is 5.56 Å². The molecule has 0 bridgehead atoms. The number of aliphatic hydroxyl groups is 1. The first-order valence-corrected chi connectivity index (χ1v) is 7.43. The van der Waals surface area contributed by atoms with E-state index in [2.05, 4.69) is 22.3 Å². The molecule has 0 radical (unpaired) electrons. The molecule has 2 N–H and O–H groups in total. The van der Waals surface area contributed by atoms with Gasteiger partial charge in [0.25, 0.3) is 0 Å². The van der Waals surface area contributed by atoms with Crippen molar-refractivity contribution in [2.75, 3.05) is 26.2 Å². The van der Waals surface area contributed by atoms with E-state index in [0.717, 1.165) is 32.5 Å². The number of carbonyl (C=O) groups excluding carboxylic acids is 1. The quantitative estimate of drug-likeness (QED) is 0.868. The predicted molar refractivity (Wildman–Crippen MR) is 77.4 cm³/mol. The zero-order chi connectivity index (χ0) is 14.0. The first-order chi connectivity index (χ1) is 9.73. The fourth-order valence-electron chi connectivity index (χ4n) is 3.71. The SMILES string of the molecule is O=C1C[C@@H](c2ccccc2)C2(CCN(CCO)CC2)N1. The first-order valence-electron chi connectivity index (χ1n) is 7.43. The number of hydrogen-bond donors (Lipinski definition) is 2. The summed E-state index contributed by atoms with van der Waals surface area (Å²) in [6.07, 6.45) is 2.54. The molecule has 2 aliphatic rings. The van der Waals surface area contributed by atoms with E-state index >= 15 is 0 Å². The van der Waals surface area contributed by atoms with E-state index in [9.17, 15) is 4.79 Å². The molecule has 0 aromatic heterocycles. The summed E-state index contributed by atoms with van der Waals surface area (Å²) < 4.78 is 0. The molecule has 1 aromatic carbocycles. The van der Waals surface area contributed by atoms with Crippen molar-refractivity contribution in [1.82, 2.24) is 10.2 Å².